The second-order valence-corrected chi connectivity index (χ2v) is 5.40. The first-order valence-electron chi connectivity index (χ1n) is 7.25. The number of aromatic amines is 1. The molecular weight excluding hydrogens is 272 g/mol. The average Bonchev–Trinajstić information content (AvgIpc) is 2.94. The van der Waals surface area contributed by atoms with E-state index in [1.165, 1.54) is 16.3 Å². The number of hydrogen-bond acceptors (Lipinski definition) is 3. The van der Waals surface area contributed by atoms with E-state index in [0.29, 0.717) is 0 Å². The molecule has 108 valence electrons. The molecule has 4 rings (SSSR count). The van der Waals surface area contributed by atoms with E-state index in [1.807, 2.05) is 18.2 Å². The van der Waals surface area contributed by atoms with Crippen molar-refractivity contribution >= 4 is 33.4 Å². The second kappa shape index (κ2) is 5.07. The number of nitrogens with zero attached hydrogens (tertiary/aromatic N) is 1. The lowest BCUT2D eigenvalue weighted by atomic mass is 10.1. The van der Waals surface area contributed by atoms with E-state index in [0.717, 1.165) is 29.2 Å². The van der Waals surface area contributed by atoms with Gasteiger partial charge in [0.2, 0.25) is 5.95 Å². The number of nitrogen functional groups attached to an aromatic ring is 1. The van der Waals surface area contributed by atoms with Gasteiger partial charge in [-0.05, 0) is 40.6 Å². The Morgan fingerprint density at radius 2 is 1.82 bits per heavy atom. The summed E-state index contributed by atoms with van der Waals surface area (Å²) >= 11 is 0. The molecule has 0 spiro atoms. The number of benzene rings is 3. The fourth-order valence-electron chi connectivity index (χ4n) is 2.65. The van der Waals surface area contributed by atoms with Crippen molar-refractivity contribution < 1.29 is 0 Å². The Kier molecular flexibility index (Phi) is 2.93. The third kappa shape index (κ3) is 2.35. The lowest BCUT2D eigenvalue weighted by Gasteiger charge is -2.05. The van der Waals surface area contributed by atoms with Crippen LogP contribution in [0.25, 0.3) is 21.8 Å². The molecule has 0 amide bonds. The first-order chi connectivity index (χ1) is 10.8. The van der Waals surface area contributed by atoms with Gasteiger partial charge >= 0.3 is 0 Å². The van der Waals surface area contributed by atoms with Gasteiger partial charge in [-0.2, -0.15) is 0 Å². The third-order valence-electron chi connectivity index (χ3n) is 3.78. The van der Waals surface area contributed by atoms with Crippen molar-refractivity contribution in [3.05, 3.63) is 66.2 Å². The normalized spacial score (nSPS) is 11.1. The summed E-state index contributed by atoms with van der Waals surface area (Å²) in [7, 11) is 0. The van der Waals surface area contributed by atoms with E-state index in [2.05, 4.69) is 57.7 Å². The number of nitrogens with one attached hydrogen (secondary N) is 2. The summed E-state index contributed by atoms with van der Waals surface area (Å²) in [5.41, 5.74) is 9.59. The van der Waals surface area contributed by atoms with Gasteiger partial charge in [0, 0.05) is 12.2 Å². The molecule has 0 saturated heterocycles. The van der Waals surface area contributed by atoms with Gasteiger partial charge in [0.05, 0.1) is 11.0 Å². The average molecular weight is 288 g/mol. The standard InChI is InChI=1S/C18H16N4/c19-15-7-8-16-17(10-15)22-18(21-16)20-11-12-5-6-13-3-1-2-4-14(13)9-12/h1-10H,11,19H2,(H2,20,21,22). The Balaban J connectivity index is 1.56. The topological polar surface area (TPSA) is 66.7 Å². The number of nitrogens with two attached hydrogens (primary N) is 1. The molecule has 4 heteroatoms. The minimum atomic E-state index is 0.722. The van der Waals surface area contributed by atoms with E-state index >= 15 is 0 Å². The summed E-state index contributed by atoms with van der Waals surface area (Å²) in [6.45, 7) is 0.722. The van der Waals surface area contributed by atoms with E-state index < -0.39 is 0 Å². The number of hydrogen-bond donors (Lipinski definition) is 3. The van der Waals surface area contributed by atoms with Crippen molar-refractivity contribution in [2.45, 2.75) is 6.54 Å². The molecule has 4 aromatic rings. The van der Waals surface area contributed by atoms with Crippen molar-refractivity contribution in [2.24, 2.45) is 0 Å². The lowest BCUT2D eigenvalue weighted by molar-refractivity contribution is 1.10. The van der Waals surface area contributed by atoms with Crippen LogP contribution in [0.3, 0.4) is 0 Å². The highest BCUT2D eigenvalue weighted by atomic mass is 15.1. The van der Waals surface area contributed by atoms with Crippen molar-refractivity contribution in [1.29, 1.82) is 0 Å². The second-order valence-electron chi connectivity index (χ2n) is 5.40. The van der Waals surface area contributed by atoms with Crippen LogP contribution in [0.5, 0.6) is 0 Å². The lowest BCUT2D eigenvalue weighted by Crippen LogP contribution is -2.00. The highest BCUT2D eigenvalue weighted by Crippen LogP contribution is 2.19. The van der Waals surface area contributed by atoms with Crippen molar-refractivity contribution in [1.82, 2.24) is 9.97 Å². The number of rotatable bonds is 3. The summed E-state index contributed by atoms with van der Waals surface area (Å²) in [5.74, 6) is 0.758. The van der Waals surface area contributed by atoms with Gasteiger partial charge in [-0.25, -0.2) is 4.98 Å². The maximum absolute atomic E-state index is 5.78. The molecule has 0 saturated carbocycles. The van der Waals surface area contributed by atoms with Crippen LogP contribution in [0.15, 0.2) is 60.7 Å². The Labute approximate surface area is 128 Å². The number of aromatic nitrogens is 2. The summed E-state index contributed by atoms with van der Waals surface area (Å²) in [6.07, 6.45) is 0. The molecule has 1 heterocycles. The molecule has 0 unspecified atom stereocenters. The van der Waals surface area contributed by atoms with Gasteiger partial charge in [-0.3, -0.25) is 0 Å². The highest BCUT2D eigenvalue weighted by Gasteiger charge is 2.03. The van der Waals surface area contributed by atoms with E-state index in [1.54, 1.807) is 0 Å². The van der Waals surface area contributed by atoms with Gasteiger partial charge in [-0.1, -0.05) is 36.4 Å². The summed E-state index contributed by atoms with van der Waals surface area (Å²) in [6, 6.07) is 20.5. The predicted molar refractivity (Wildman–Crippen MR) is 91.8 cm³/mol. The van der Waals surface area contributed by atoms with E-state index in [-0.39, 0.29) is 0 Å². The molecule has 3 aromatic carbocycles. The smallest absolute Gasteiger partial charge is 0.201 e. The van der Waals surface area contributed by atoms with Gasteiger partial charge in [-0.15, -0.1) is 0 Å². The predicted octanol–water partition coefficient (Wildman–Crippen LogP) is 3.91. The molecule has 22 heavy (non-hydrogen) atoms. The SMILES string of the molecule is Nc1ccc2nc(NCc3ccc4ccccc4c3)[nH]c2c1. The van der Waals surface area contributed by atoms with Crippen LogP contribution < -0.4 is 11.1 Å². The Morgan fingerprint density at radius 3 is 2.73 bits per heavy atom. The van der Waals surface area contributed by atoms with Crippen LogP contribution in [0, 0.1) is 0 Å². The Morgan fingerprint density at radius 1 is 0.955 bits per heavy atom. The minimum Gasteiger partial charge on any atom is -0.399 e. The van der Waals surface area contributed by atoms with Crippen molar-refractivity contribution in [3.8, 4) is 0 Å². The zero-order chi connectivity index (χ0) is 14.9. The summed E-state index contributed by atoms with van der Waals surface area (Å²) in [5, 5.41) is 5.83. The molecule has 4 N–H and O–H groups in total. The Bertz CT molecular complexity index is 956. The van der Waals surface area contributed by atoms with E-state index in [4.69, 9.17) is 5.73 Å². The molecule has 0 bridgehead atoms. The summed E-state index contributed by atoms with van der Waals surface area (Å²) < 4.78 is 0. The van der Waals surface area contributed by atoms with Crippen molar-refractivity contribution in [3.63, 3.8) is 0 Å². The zero-order valence-corrected chi connectivity index (χ0v) is 12.0. The first kappa shape index (κ1) is 12.7. The number of H-pyrrole nitrogens is 1. The fraction of sp³-hybridized carbons (Fsp3) is 0.0556. The van der Waals surface area contributed by atoms with Crippen LogP contribution in [-0.2, 0) is 6.54 Å². The van der Waals surface area contributed by atoms with Crippen molar-refractivity contribution in [2.75, 3.05) is 11.1 Å². The Hall–Kier alpha value is -3.01. The quantitative estimate of drug-likeness (QED) is 0.501. The number of imidazole rings is 1. The maximum atomic E-state index is 5.78. The molecule has 1 aromatic heterocycles. The molecule has 4 nitrogen and oxygen atoms in total. The van der Waals surface area contributed by atoms with Crippen LogP contribution >= 0.6 is 0 Å². The molecule has 0 radical (unpaired) electrons. The molecule has 0 fully saturated rings. The van der Waals surface area contributed by atoms with Crippen LogP contribution in [0.1, 0.15) is 5.56 Å². The molecule has 0 aliphatic carbocycles. The molecule has 0 atom stereocenters. The van der Waals surface area contributed by atoms with Gasteiger partial charge in [0.15, 0.2) is 0 Å². The highest BCUT2D eigenvalue weighted by molar-refractivity contribution is 5.83. The largest absolute Gasteiger partial charge is 0.399 e. The summed E-state index contributed by atoms with van der Waals surface area (Å²) in [4.78, 5) is 7.75. The first-order valence-corrected chi connectivity index (χ1v) is 7.25. The number of anilines is 2. The van der Waals surface area contributed by atoms with E-state index in [9.17, 15) is 0 Å². The molecule has 0 aliphatic heterocycles. The van der Waals surface area contributed by atoms with Gasteiger partial charge < -0.3 is 16.0 Å². The minimum absolute atomic E-state index is 0.722. The third-order valence-corrected chi connectivity index (χ3v) is 3.78. The molecular formula is C18H16N4. The number of fused-ring (bicyclic) bond motifs is 2. The van der Waals surface area contributed by atoms with Crippen LogP contribution in [-0.4, -0.2) is 9.97 Å². The monoisotopic (exact) mass is 288 g/mol. The van der Waals surface area contributed by atoms with Gasteiger partial charge in [0.25, 0.3) is 0 Å². The zero-order valence-electron chi connectivity index (χ0n) is 12.0. The fourth-order valence-corrected chi connectivity index (χ4v) is 2.65. The molecule has 0 aliphatic rings. The van der Waals surface area contributed by atoms with Crippen LogP contribution in [0.2, 0.25) is 0 Å². The van der Waals surface area contributed by atoms with Gasteiger partial charge in [0.1, 0.15) is 0 Å². The maximum Gasteiger partial charge on any atom is 0.201 e. The van der Waals surface area contributed by atoms with Crippen LogP contribution in [0.4, 0.5) is 11.6 Å².